The van der Waals surface area contributed by atoms with Crippen molar-refractivity contribution >= 4 is 0 Å². The molecule has 1 atom stereocenters. The molecule has 0 unspecified atom stereocenters. The maximum absolute atomic E-state index is 12.5. The molecule has 0 aliphatic rings. The van der Waals surface area contributed by atoms with Crippen LogP contribution in [0.1, 0.15) is 28.8 Å². The number of aliphatic hydroxyl groups excluding tert-OH is 1. The number of aryl methyl sites for hydroxylation is 1. The summed E-state index contributed by atoms with van der Waals surface area (Å²) in [5.41, 5.74) is 2.35. The Bertz CT molecular complexity index is 827. The van der Waals surface area contributed by atoms with Gasteiger partial charge in [-0.1, -0.05) is 35.5 Å². The third kappa shape index (κ3) is 3.28. The van der Waals surface area contributed by atoms with E-state index >= 15 is 0 Å². The van der Waals surface area contributed by atoms with E-state index < -0.39 is 18.2 Å². The normalized spacial score (nSPS) is 13.0. The number of pyridine rings is 1. The van der Waals surface area contributed by atoms with Gasteiger partial charge in [0.2, 0.25) is 5.82 Å². The van der Waals surface area contributed by atoms with Crippen LogP contribution in [0.15, 0.2) is 47.1 Å². The van der Waals surface area contributed by atoms with E-state index in [0.29, 0.717) is 16.8 Å². The van der Waals surface area contributed by atoms with E-state index in [2.05, 4.69) is 19.6 Å². The van der Waals surface area contributed by atoms with Crippen LogP contribution in [0.2, 0.25) is 0 Å². The highest BCUT2D eigenvalue weighted by molar-refractivity contribution is 5.55. The van der Waals surface area contributed by atoms with Crippen LogP contribution >= 0.6 is 0 Å². The fraction of sp³-hybridized carbons (Fsp3) is 0.188. The van der Waals surface area contributed by atoms with Crippen LogP contribution in [0.3, 0.4) is 0 Å². The van der Waals surface area contributed by atoms with Crippen LogP contribution in [0.25, 0.3) is 11.4 Å². The molecule has 2 aromatic heterocycles. The van der Waals surface area contributed by atoms with Crippen LogP contribution in [0.4, 0.5) is 13.2 Å². The standard InChI is InChI=1S/C16H12F3N3O2/c1-9-2-7-12(20-8-9)13(23)10-3-5-11(6-4-10)14-21-15(24-22-14)16(17,18)19/h2-8,13,23H,1H3/t13-/m1/s1. The van der Waals surface area contributed by atoms with Crippen LogP contribution in [-0.2, 0) is 6.18 Å². The van der Waals surface area contributed by atoms with Crippen LogP contribution in [0, 0.1) is 6.92 Å². The molecule has 0 saturated heterocycles. The number of halogens is 3. The lowest BCUT2D eigenvalue weighted by Crippen LogP contribution is -2.04. The number of nitrogens with zero attached hydrogens (tertiary/aromatic N) is 3. The number of aromatic nitrogens is 3. The summed E-state index contributed by atoms with van der Waals surface area (Å²) < 4.78 is 41.6. The minimum absolute atomic E-state index is 0.170. The number of rotatable bonds is 3. The third-order valence-corrected chi connectivity index (χ3v) is 3.37. The first-order valence-corrected chi connectivity index (χ1v) is 6.96. The molecule has 8 heteroatoms. The molecule has 0 aliphatic heterocycles. The summed E-state index contributed by atoms with van der Waals surface area (Å²) >= 11 is 0. The van der Waals surface area contributed by atoms with Crippen molar-refractivity contribution in [3.05, 3.63) is 65.3 Å². The Balaban J connectivity index is 1.82. The van der Waals surface area contributed by atoms with Gasteiger partial charge in [0.15, 0.2) is 0 Å². The number of hydrogen-bond donors (Lipinski definition) is 1. The minimum Gasteiger partial charge on any atom is -0.382 e. The maximum Gasteiger partial charge on any atom is 0.471 e. The van der Waals surface area contributed by atoms with Gasteiger partial charge in [0.25, 0.3) is 0 Å². The van der Waals surface area contributed by atoms with Crippen molar-refractivity contribution in [1.29, 1.82) is 0 Å². The molecule has 0 radical (unpaired) electrons. The van der Waals surface area contributed by atoms with Crippen molar-refractivity contribution in [3.63, 3.8) is 0 Å². The molecule has 0 bridgehead atoms. The Kier molecular flexibility index (Phi) is 4.06. The Hall–Kier alpha value is -2.74. The van der Waals surface area contributed by atoms with E-state index in [-0.39, 0.29) is 5.82 Å². The molecule has 1 N–H and O–H groups in total. The average molecular weight is 335 g/mol. The third-order valence-electron chi connectivity index (χ3n) is 3.37. The molecule has 2 heterocycles. The maximum atomic E-state index is 12.5. The van der Waals surface area contributed by atoms with Gasteiger partial charge in [-0.2, -0.15) is 18.2 Å². The Morgan fingerprint density at radius 2 is 1.79 bits per heavy atom. The molecular weight excluding hydrogens is 323 g/mol. The molecule has 0 fully saturated rings. The second kappa shape index (κ2) is 6.04. The first-order valence-electron chi connectivity index (χ1n) is 6.96. The lowest BCUT2D eigenvalue weighted by molar-refractivity contribution is -0.159. The highest BCUT2D eigenvalue weighted by Crippen LogP contribution is 2.30. The van der Waals surface area contributed by atoms with Gasteiger partial charge < -0.3 is 9.63 Å². The Morgan fingerprint density at radius 3 is 2.33 bits per heavy atom. The topological polar surface area (TPSA) is 72.0 Å². The SMILES string of the molecule is Cc1ccc([C@H](O)c2ccc(-c3noc(C(F)(F)F)n3)cc2)nc1. The van der Waals surface area contributed by atoms with E-state index in [1.54, 1.807) is 24.4 Å². The first-order chi connectivity index (χ1) is 11.3. The van der Waals surface area contributed by atoms with Gasteiger partial charge >= 0.3 is 12.1 Å². The molecule has 0 spiro atoms. The molecule has 0 aliphatic carbocycles. The number of benzene rings is 1. The summed E-state index contributed by atoms with van der Waals surface area (Å²) in [7, 11) is 0. The van der Waals surface area contributed by atoms with Crippen molar-refractivity contribution in [2.75, 3.05) is 0 Å². The van der Waals surface area contributed by atoms with Gasteiger partial charge in [-0.15, -0.1) is 0 Å². The lowest BCUT2D eigenvalue weighted by atomic mass is 10.0. The summed E-state index contributed by atoms with van der Waals surface area (Å²) in [6.45, 7) is 1.89. The molecule has 5 nitrogen and oxygen atoms in total. The van der Waals surface area contributed by atoms with E-state index in [1.165, 1.54) is 12.1 Å². The van der Waals surface area contributed by atoms with Crippen molar-refractivity contribution in [3.8, 4) is 11.4 Å². The predicted octanol–water partition coefficient (Wildman–Crippen LogP) is 3.54. The molecule has 3 aromatic rings. The van der Waals surface area contributed by atoms with Gasteiger partial charge in [0.1, 0.15) is 6.10 Å². The van der Waals surface area contributed by atoms with Gasteiger partial charge in [0.05, 0.1) is 5.69 Å². The summed E-state index contributed by atoms with van der Waals surface area (Å²) in [6.07, 6.45) is -3.97. The summed E-state index contributed by atoms with van der Waals surface area (Å²) in [4.78, 5) is 7.47. The fourth-order valence-electron chi connectivity index (χ4n) is 2.08. The highest BCUT2D eigenvalue weighted by atomic mass is 19.4. The molecular formula is C16H12F3N3O2. The number of hydrogen-bond acceptors (Lipinski definition) is 5. The summed E-state index contributed by atoms with van der Waals surface area (Å²) in [6, 6.07) is 9.71. The van der Waals surface area contributed by atoms with Crippen LogP contribution in [0.5, 0.6) is 0 Å². The van der Waals surface area contributed by atoms with Crippen molar-refractivity contribution < 1.29 is 22.8 Å². The summed E-state index contributed by atoms with van der Waals surface area (Å²) in [5, 5.41) is 13.6. The lowest BCUT2D eigenvalue weighted by Gasteiger charge is -2.11. The monoisotopic (exact) mass is 335 g/mol. The quantitative estimate of drug-likeness (QED) is 0.792. The summed E-state index contributed by atoms with van der Waals surface area (Å²) in [5.74, 6) is -1.57. The zero-order chi connectivity index (χ0) is 17.3. The zero-order valence-electron chi connectivity index (χ0n) is 12.4. The van der Waals surface area contributed by atoms with Gasteiger partial charge in [-0.25, -0.2) is 0 Å². The largest absolute Gasteiger partial charge is 0.471 e. The molecule has 3 rings (SSSR count). The molecule has 124 valence electrons. The Morgan fingerprint density at radius 1 is 1.08 bits per heavy atom. The first kappa shape index (κ1) is 16.1. The van der Waals surface area contributed by atoms with E-state index in [0.717, 1.165) is 5.56 Å². The minimum atomic E-state index is -4.68. The number of aliphatic hydroxyl groups is 1. The fourth-order valence-corrected chi connectivity index (χ4v) is 2.08. The highest BCUT2D eigenvalue weighted by Gasteiger charge is 2.38. The van der Waals surface area contributed by atoms with Gasteiger partial charge in [-0.3, -0.25) is 4.98 Å². The van der Waals surface area contributed by atoms with E-state index in [1.807, 2.05) is 13.0 Å². The van der Waals surface area contributed by atoms with Crippen LogP contribution < -0.4 is 0 Å². The molecule has 1 aromatic carbocycles. The average Bonchev–Trinajstić information content (AvgIpc) is 3.05. The zero-order valence-corrected chi connectivity index (χ0v) is 12.4. The van der Waals surface area contributed by atoms with E-state index in [9.17, 15) is 18.3 Å². The predicted molar refractivity (Wildman–Crippen MR) is 77.8 cm³/mol. The van der Waals surface area contributed by atoms with Crippen LogP contribution in [-0.4, -0.2) is 20.2 Å². The molecule has 0 saturated carbocycles. The Labute approximate surface area is 134 Å². The molecule has 0 amide bonds. The molecule has 24 heavy (non-hydrogen) atoms. The van der Waals surface area contributed by atoms with Crippen molar-refractivity contribution in [2.24, 2.45) is 0 Å². The van der Waals surface area contributed by atoms with Crippen molar-refractivity contribution in [2.45, 2.75) is 19.2 Å². The smallest absolute Gasteiger partial charge is 0.382 e. The van der Waals surface area contributed by atoms with Gasteiger partial charge in [-0.05, 0) is 24.1 Å². The van der Waals surface area contributed by atoms with E-state index in [4.69, 9.17) is 0 Å². The second-order valence-electron chi connectivity index (χ2n) is 5.21. The van der Waals surface area contributed by atoms with Crippen molar-refractivity contribution in [1.82, 2.24) is 15.1 Å². The second-order valence-corrected chi connectivity index (χ2v) is 5.21. The van der Waals surface area contributed by atoms with Gasteiger partial charge in [0, 0.05) is 11.8 Å². The number of alkyl halides is 3.